The van der Waals surface area contributed by atoms with Crippen LogP contribution in [0.25, 0.3) is 0 Å². The molecule has 2 N–H and O–H groups in total. The van der Waals surface area contributed by atoms with Crippen molar-refractivity contribution in [3.63, 3.8) is 0 Å². The molecule has 2 unspecified atom stereocenters. The summed E-state index contributed by atoms with van der Waals surface area (Å²) in [6, 6.07) is 2.79. The van der Waals surface area contributed by atoms with Gasteiger partial charge in [-0.15, -0.1) is 0 Å². The molecular weight excluding hydrogens is 200 g/mol. The molecule has 0 aromatic carbocycles. The predicted octanol–water partition coefficient (Wildman–Crippen LogP) is 2.28. The molecule has 2 rings (SSSR count). The van der Waals surface area contributed by atoms with Gasteiger partial charge in [0.15, 0.2) is 0 Å². The molecule has 1 aliphatic heterocycles. The van der Waals surface area contributed by atoms with Crippen LogP contribution in [-0.2, 0) is 13.1 Å². The van der Waals surface area contributed by atoms with Gasteiger partial charge in [0.1, 0.15) is 11.5 Å². The predicted molar refractivity (Wildman–Crippen MR) is 65.0 cm³/mol. The van der Waals surface area contributed by atoms with Gasteiger partial charge in [-0.1, -0.05) is 6.92 Å². The standard InChI is InChI=1S/C13H22N2O/c1-9-4-11(3)15(7-9)8-12-5-10(2)13(6-14)16-12/h5,9,11H,4,6-8,14H2,1-3H3. The van der Waals surface area contributed by atoms with Crippen molar-refractivity contribution in [2.24, 2.45) is 11.7 Å². The van der Waals surface area contributed by atoms with Gasteiger partial charge < -0.3 is 10.2 Å². The van der Waals surface area contributed by atoms with E-state index in [9.17, 15) is 0 Å². The van der Waals surface area contributed by atoms with Crippen LogP contribution in [0.2, 0.25) is 0 Å². The normalized spacial score (nSPS) is 26.5. The first-order valence-corrected chi connectivity index (χ1v) is 6.12. The molecule has 16 heavy (non-hydrogen) atoms. The number of hydrogen-bond acceptors (Lipinski definition) is 3. The summed E-state index contributed by atoms with van der Waals surface area (Å²) < 4.78 is 5.74. The fourth-order valence-corrected chi connectivity index (χ4v) is 2.68. The van der Waals surface area contributed by atoms with Crippen molar-refractivity contribution in [2.45, 2.75) is 46.3 Å². The van der Waals surface area contributed by atoms with Crippen molar-refractivity contribution >= 4 is 0 Å². The molecule has 1 aliphatic rings. The highest BCUT2D eigenvalue weighted by molar-refractivity contribution is 5.20. The minimum Gasteiger partial charge on any atom is -0.463 e. The molecule has 0 amide bonds. The molecule has 0 aliphatic carbocycles. The maximum absolute atomic E-state index is 5.74. The van der Waals surface area contributed by atoms with Crippen LogP contribution in [0.1, 0.15) is 37.4 Å². The average molecular weight is 222 g/mol. The highest BCUT2D eigenvalue weighted by atomic mass is 16.3. The van der Waals surface area contributed by atoms with E-state index in [-0.39, 0.29) is 0 Å². The number of hydrogen-bond donors (Lipinski definition) is 1. The van der Waals surface area contributed by atoms with E-state index in [4.69, 9.17) is 10.2 Å². The van der Waals surface area contributed by atoms with E-state index in [0.717, 1.165) is 24.0 Å². The van der Waals surface area contributed by atoms with Crippen LogP contribution >= 0.6 is 0 Å². The second-order valence-electron chi connectivity index (χ2n) is 5.14. The smallest absolute Gasteiger partial charge is 0.120 e. The van der Waals surface area contributed by atoms with E-state index < -0.39 is 0 Å². The van der Waals surface area contributed by atoms with Crippen LogP contribution in [0.15, 0.2) is 10.5 Å². The summed E-state index contributed by atoms with van der Waals surface area (Å²) in [5.74, 6) is 2.79. The second-order valence-corrected chi connectivity index (χ2v) is 5.14. The minimum absolute atomic E-state index is 0.498. The van der Waals surface area contributed by atoms with E-state index in [1.807, 2.05) is 0 Å². The minimum atomic E-state index is 0.498. The van der Waals surface area contributed by atoms with Crippen LogP contribution in [0.5, 0.6) is 0 Å². The Bertz CT molecular complexity index is 359. The van der Waals surface area contributed by atoms with Crippen molar-refractivity contribution in [3.05, 3.63) is 23.2 Å². The Balaban J connectivity index is 2.03. The number of furan rings is 1. The molecule has 1 saturated heterocycles. The lowest BCUT2D eigenvalue weighted by molar-refractivity contribution is 0.233. The van der Waals surface area contributed by atoms with Gasteiger partial charge in [-0.05, 0) is 37.8 Å². The molecule has 2 heterocycles. The number of rotatable bonds is 3. The van der Waals surface area contributed by atoms with Gasteiger partial charge in [0, 0.05) is 12.6 Å². The maximum atomic E-state index is 5.74. The Morgan fingerprint density at radius 1 is 1.50 bits per heavy atom. The van der Waals surface area contributed by atoms with Crippen molar-refractivity contribution in [1.82, 2.24) is 4.90 Å². The Kier molecular flexibility index (Phi) is 3.36. The molecule has 1 fully saturated rings. The first-order valence-electron chi connectivity index (χ1n) is 6.12. The molecule has 0 spiro atoms. The number of nitrogens with zero attached hydrogens (tertiary/aromatic N) is 1. The van der Waals surface area contributed by atoms with E-state index in [1.165, 1.54) is 18.5 Å². The molecule has 1 aromatic heterocycles. The van der Waals surface area contributed by atoms with E-state index in [2.05, 4.69) is 31.7 Å². The molecular formula is C13H22N2O. The Labute approximate surface area is 97.6 Å². The van der Waals surface area contributed by atoms with Crippen molar-refractivity contribution in [1.29, 1.82) is 0 Å². The van der Waals surface area contributed by atoms with Crippen LogP contribution in [0.4, 0.5) is 0 Å². The lowest BCUT2D eigenvalue weighted by Crippen LogP contribution is -2.26. The van der Waals surface area contributed by atoms with Crippen molar-refractivity contribution in [2.75, 3.05) is 6.54 Å². The Hall–Kier alpha value is -0.800. The van der Waals surface area contributed by atoms with Crippen molar-refractivity contribution < 1.29 is 4.42 Å². The van der Waals surface area contributed by atoms with E-state index >= 15 is 0 Å². The second kappa shape index (κ2) is 4.60. The topological polar surface area (TPSA) is 42.4 Å². The van der Waals surface area contributed by atoms with Gasteiger partial charge in [0.2, 0.25) is 0 Å². The molecule has 3 nitrogen and oxygen atoms in total. The number of likely N-dealkylation sites (tertiary alicyclic amines) is 1. The maximum Gasteiger partial charge on any atom is 0.120 e. The van der Waals surface area contributed by atoms with E-state index in [1.54, 1.807) is 0 Å². The van der Waals surface area contributed by atoms with E-state index in [0.29, 0.717) is 12.6 Å². The highest BCUT2D eigenvalue weighted by Gasteiger charge is 2.26. The zero-order chi connectivity index (χ0) is 11.7. The molecule has 90 valence electrons. The summed E-state index contributed by atoms with van der Waals surface area (Å²) in [6.45, 7) is 9.27. The molecule has 0 saturated carbocycles. The van der Waals surface area contributed by atoms with Crippen LogP contribution in [0.3, 0.4) is 0 Å². The molecule has 0 bridgehead atoms. The Morgan fingerprint density at radius 3 is 2.75 bits per heavy atom. The fourth-order valence-electron chi connectivity index (χ4n) is 2.68. The molecule has 3 heteroatoms. The van der Waals surface area contributed by atoms with Crippen molar-refractivity contribution in [3.8, 4) is 0 Å². The highest BCUT2D eigenvalue weighted by Crippen LogP contribution is 2.25. The summed E-state index contributed by atoms with van der Waals surface area (Å²) >= 11 is 0. The average Bonchev–Trinajstić information content (AvgIpc) is 2.71. The van der Waals surface area contributed by atoms with Gasteiger partial charge in [-0.2, -0.15) is 0 Å². The number of nitrogens with two attached hydrogens (primary N) is 1. The number of aryl methyl sites for hydroxylation is 1. The summed E-state index contributed by atoms with van der Waals surface area (Å²) in [5, 5.41) is 0. The lowest BCUT2D eigenvalue weighted by Gasteiger charge is -2.19. The van der Waals surface area contributed by atoms with Crippen LogP contribution in [-0.4, -0.2) is 17.5 Å². The molecule has 1 aromatic rings. The fraction of sp³-hybridized carbons (Fsp3) is 0.692. The Morgan fingerprint density at radius 2 is 2.25 bits per heavy atom. The summed E-state index contributed by atoms with van der Waals surface area (Å²) in [5.41, 5.74) is 6.79. The largest absolute Gasteiger partial charge is 0.463 e. The van der Waals surface area contributed by atoms with Gasteiger partial charge in [0.05, 0.1) is 13.1 Å². The summed E-state index contributed by atoms with van der Waals surface area (Å²) in [6.07, 6.45) is 1.30. The van der Waals surface area contributed by atoms with Crippen LogP contribution in [0, 0.1) is 12.8 Å². The van der Waals surface area contributed by atoms with Gasteiger partial charge in [0.25, 0.3) is 0 Å². The van der Waals surface area contributed by atoms with Gasteiger partial charge >= 0.3 is 0 Å². The lowest BCUT2D eigenvalue weighted by atomic mass is 10.1. The first-order chi connectivity index (χ1) is 7.60. The summed E-state index contributed by atoms with van der Waals surface area (Å²) in [7, 11) is 0. The third-order valence-corrected chi connectivity index (χ3v) is 3.53. The zero-order valence-corrected chi connectivity index (χ0v) is 10.5. The van der Waals surface area contributed by atoms with Gasteiger partial charge in [-0.3, -0.25) is 4.90 Å². The van der Waals surface area contributed by atoms with Gasteiger partial charge in [-0.25, -0.2) is 0 Å². The first kappa shape index (κ1) is 11.7. The monoisotopic (exact) mass is 222 g/mol. The van der Waals surface area contributed by atoms with Crippen LogP contribution < -0.4 is 5.73 Å². The quantitative estimate of drug-likeness (QED) is 0.853. The molecule has 0 radical (unpaired) electrons. The molecule has 2 atom stereocenters. The third kappa shape index (κ3) is 2.30. The zero-order valence-electron chi connectivity index (χ0n) is 10.5. The SMILES string of the molecule is Cc1cc(CN2CC(C)CC2C)oc1CN. The third-order valence-electron chi connectivity index (χ3n) is 3.53. The summed E-state index contributed by atoms with van der Waals surface area (Å²) in [4.78, 5) is 2.49.